The minimum atomic E-state index is -0.425. The van der Waals surface area contributed by atoms with Crippen molar-refractivity contribution in [1.29, 1.82) is 0 Å². The SMILES string of the molecule is O=C1CC(NCc2ncn[nH]2)C(=O)N1C1CCCCCC1. The summed E-state index contributed by atoms with van der Waals surface area (Å²) >= 11 is 0. The van der Waals surface area contributed by atoms with Gasteiger partial charge in [-0.3, -0.25) is 24.9 Å². The molecule has 1 aromatic heterocycles. The van der Waals surface area contributed by atoms with Crippen LogP contribution >= 0.6 is 0 Å². The highest BCUT2D eigenvalue weighted by molar-refractivity contribution is 6.05. The molecule has 7 heteroatoms. The molecule has 2 aliphatic rings. The van der Waals surface area contributed by atoms with E-state index in [9.17, 15) is 9.59 Å². The molecule has 1 aromatic rings. The van der Waals surface area contributed by atoms with Gasteiger partial charge in [-0.05, 0) is 12.8 Å². The first-order valence-corrected chi connectivity index (χ1v) is 7.69. The van der Waals surface area contributed by atoms with Crippen LogP contribution in [0.5, 0.6) is 0 Å². The Morgan fingerprint density at radius 2 is 2.00 bits per heavy atom. The van der Waals surface area contributed by atoms with Crippen LogP contribution in [0.1, 0.15) is 50.8 Å². The maximum absolute atomic E-state index is 12.5. The van der Waals surface area contributed by atoms with E-state index in [0.29, 0.717) is 12.4 Å². The van der Waals surface area contributed by atoms with E-state index in [2.05, 4.69) is 20.5 Å². The Kier molecular flexibility index (Phi) is 4.28. The number of aromatic amines is 1. The van der Waals surface area contributed by atoms with E-state index in [0.717, 1.165) is 25.7 Å². The van der Waals surface area contributed by atoms with Crippen LogP contribution in [0.15, 0.2) is 6.33 Å². The van der Waals surface area contributed by atoms with Crippen LogP contribution in [0, 0.1) is 0 Å². The smallest absolute Gasteiger partial charge is 0.247 e. The molecule has 21 heavy (non-hydrogen) atoms. The van der Waals surface area contributed by atoms with E-state index >= 15 is 0 Å². The van der Waals surface area contributed by atoms with E-state index in [-0.39, 0.29) is 24.3 Å². The first-order valence-electron chi connectivity index (χ1n) is 7.69. The van der Waals surface area contributed by atoms with Gasteiger partial charge in [0, 0.05) is 6.04 Å². The fourth-order valence-electron chi connectivity index (χ4n) is 3.25. The minimum Gasteiger partial charge on any atom is -0.298 e. The van der Waals surface area contributed by atoms with E-state index in [1.54, 1.807) is 0 Å². The van der Waals surface area contributed by atoms with E-state index in [1.807, 2.05) is 0 Å². The number of nitrogens with zero attached hydrogens (tertiary/aromatic N) is 3. The largest absolute Gasteiger partial charge is 0.298 e. The number of aromatic nitrogens is 3. The summed E-state index contributed by atoms with van der Waals surface area (Å²) in [6, 6.07) is -0.324. The second-order valence-corrected chi connectivity index (χ2v) is 5.82. The van der Waals surface area contributed by atoms with Crippen LogP contribution in [0.2, 0.25) is 0 Å². The third-order valence-corrected chi connectivity index (χ3v) is 4.35. The lowest BCUT2D eigenvalue weighted by atomic mass is 10.1. The molecule has 114 valence electrons. The number of carbonyl (C=O) groups excluding carboxylic acids is 2. The van der Waals surface area contributed by atoms with Gasteiger partial charge in [0.25, 0.3) is 0 Å². The average molecular weight is 291 g/mol. The zero-order chi connectivity index (χ0) is 14.7. The third kappa shape index (κ3) is 3.12. The van der Waals surface area contributed by atoms with Crippen LogP contribution in [0.3, 0.4) is 0 Å². The van der Waals surface area contributed by atoms with Crippen molar-refractivity contribution in [2.24, 2.45) is 0 Å². The van der Waals surface area contributed by atoms with Crippen molar-refractivity contribution in [3.63, 3.8) is 0 Å². The highest BCUT2D eigenvalue weighted by Crippen LogP contribution is 2.26. The zero-order valence-corrected chi connectivity index (χ0v) is 12.0. The predicted molar refractivity (Wildman–Crippen MR) is 75.0 cm³/mol. The van der Waals surface area contributed by atoms with E-state index in [4.69, 9.17) is 0 Å². The lowest BCUT2D eigenvalue weighted by Crippen LogP contribution is -2.43. The van der Waals surface area contributed by atoms with E-state index < -0.39 is 6.04 Å². The Morgan fingerprint density at radius 3 is 2.67 bits per heavy atom. The number of hydrogen-bond donors (Lipinski definition) is 2. The first kappa shape index (κ1) is 14.2. The quantitative estimate of drug-likeness (QED) is 0.631. The maximum atomic E-state index is 12.5. The standard InChI is InChI=1S/C14H21N5O2/c20-13-7-11(15-8-12-16-9-17-18-12)14(21)19(13)10-5-3-1-2-4-6-10/h9-11,15H,1-8H2,(H,16,17,18). The molecule has 7 nitrogen and oxygen atoms in total. The molecule has 2 heterocycles. The third-order valence-electron chi connectivity index (χ3n) is 4.35. The van der Waals surface area contributed by atoms with Crippen molar-refractivity contribution in [3.8, 4) is 0 Å². The molecule has 1 aliphatic heterocycles. The maximum Gasteiger partial charge on any atom is 0.247 e. The molecule has 0 aromatic carbocycles. The summed E-state index contributed by atoms with van der Waals surface area (Å²) in [5.74, 6) is 0.552. The lowest BCUT2D eigenvalue weighted by molar-refractivity contribution is -0.141. The van der Waals surface area contributed by atoms with Crippen molar-refractivity contribution in [3.05, 3.63) is 12.2 Å². The minimum absolute atomic E-state index is 0.0398. The monoisotopic (exact) mass is 291 g/mol. The molecular formula is C14H21N5O2. The van der Waals surface area contributed by atoms with Crippen LogP contribution in [-0.2, 0) is 16.1 Å². The number of nitrogens with one attached hydrogen (secondary N) is 2. The van der Waals surface area contributed by atoms with Gasteiger partial charge in [-0.15, -0.1) is 0 Å². The van der Waals surface area contributed by atoms with Gasteiger partial charge in [0.15, 0.2) is 0 Å². The van der Waals surface area contributed by atoms with Gasteiger partial charge in [0.05, 0.1) is 19.0 Å². The number of hydrogen-bond acceptors (Lipinski definition) is 5. The molecule has 0 radical (unpaired) electrons. The summed E-state index contributed by atoms with van der Waals surface area (Å²) < 4.78 is 0. The molecule has 0 spiro atoms. The molecule has 1 atom stereocenters. The highest BCUT2D eigenvalue weighted by Gasteiger charge is 2.41. The van der Waals surface area contributed by atoms with Gasteiger partial charge in [-0.25, -0.2) is 4.98 Å². The topological polar surface area (TPSA) is 91.0 Å². The molecule has 1 saturated heterocycles. The Labute approximate surface area is 123 Å². The Bertz CT molecular complexity index is 493. The van der Waals surface area contributed by atoms with Crippen molar-refractivity contribution in [2.45, 2.75) is 63.6 Å². The van der Waals surface area contributed by atoms with Gasteiger partial charge < -0.3 is 0 Å². The molecule has 1 aliphatic carbocycles. The summed E-state index contributed by atoms with van der Waals surface area (Å²) in [6.45, 7) is 0.419. The Morgan fingerprint density at radius 1 is 1.24 bits per heavy atom. The summed E-state index contributed by atoms with van der Waals surface area (Å²) in [5.41, 5.74) is 0. The second-order valence-electron chi connectivity index (χ2n) is 5.82. The number of rotatable bonds is 4. The normalized spacial score (nSPS) is 24.6. The number of amides is 2. The summed E-state index contributed by atoms with van der Waals surface area (Å²) in [6.07, 6.45) is 8.22. The fraction of sp³-hybridized carbons (Fsp3) is 0.714. The van der Waals surface area contributed by atoms with Gasteiger partial charge in [0.1, 0.15) is 12.2 Å². The fourth-order valence-corrected chi connectivity index (χ4v) is 3.25. The van der Waals surface area contributed by atoms with Gasteiger partial charge in [-0.2, -0.15) is 5.10 Å². The Balaban J connectivity index is 1.61. The lowest BCUT2D eigenvalue weighted by Gasteiger charge is -2.25. The number of imide groups is 1. The number of H-pyrrole nitrogens is 1. The zero-order valence-electron chi connectivity index (χ0n) is 12.0. The summed E-state index contributed by atoms with van der Waals surface area (Å²) in [7, 11) is 0. The van der Waals surface area contributed by atoms with Crippen molar-refractivity contribution in [1.82, 2.24) is 25.4 Å². The molecule has 2 fully saturated rings. The van der Waals surface area contributed by atoms with Crippen molar-refractivity contribution < 1.29 is 9.59 Å². The van der Waals surface area contributed by atoms with Crippen LogP contribution in [-0.4, -0.2) is 44.0 Å². The molecule has 3 rings (SSSR count). The average Bonchev–Trinajstić information content (AvgIpc) is 2.98. The number of likely N-dealkylation sites (tertiary alicyclic amines) is 1. The molecule has 0 bridgehead atoms. The van der Waals surface area contributed by atoms with E-state index in [1.165, 1.54) is 24.1 Å². The van der Waals surface area contributed by atoms with Crippen molar-refractivity contribution in [2.75, 3.05) is 0 Å². The van der Waals surface area contributed by atoms with Crippen molar-refractivity contribution >= 4 is 11.8 Å². The van der Waals surface area contributed by atoms with Crippen LogP contribution in [0.4, 0.5) is 0 Å². The summed E-state index contributed by atoms with van der Waals surface area (Å²) in [5, 5.41) is 9.60. The molecule has 1 unspecified atom stereocenters. The van der Waals surface area contributed by atoms with Gasteiger partial charge in [-0.1, -0.05) is 25.7 Å². The predicted octanol–water partition coefficient (Wildman–Crippen LogP) is 0.745. The Hall–Kier alpha value is -1.76. The van der Waals surface area contributed by atoms with Gasteiger partial charge in [0.2, 0.25) is 11.8 Å². The van der Waals surface area contributed by atoms with Crippen LogP contribution in [0.25, 0.3) is 0 Å². The molecular weight excluding hydrogens is 270 g/mol. The first-order chi connectivity index (χ1) is 10.3. The number of carbonyl (C=O) groups is 2. The summed E-state index contributed by atoms with van der Waals surface area (Å²) in [4.78, 5) is 30.2. The van der Waals surface area contributed by atoms with Crippen LogP contribution < -0.4 is 5.32 Å². The van der Waals surface area contributed by atoms with Gasteiger partial charge >= 0.3 is 0 Å². The molecule has 2 N–H and O–H groups in total. The molecule has 1 saturated carbocycles. The molecule has 2 amide bonds. The highest BCUT2D eigenvalue weighted by atomic mass is 16.2. The second kappa shape index (κ2) is 6.34.